The Labute approximate surface area is 245 Å². The number of hydrogen-bond acceptors (Lipinski definition) is 7. The van der Waals surface area contributed by atoms with Gasteiger partial charge in [0.15, 0.2) is 0 Å². The first kappa shape index (κ1) is 31.7. The van der Waals surface area contributed by atoms with Crippen LogP contribution in [-0.2, 0) is 11.3 Å². The van der Waals surface area contributed by atoms with Gasteiger partial charge in [-0.15, -0.1) is 11.3 Å². The fourth-order valence-electron chi connectivity index (χ4n) is 4.91. The summed E-state index contributed by atoms with van der Waals surface area (Å²) in [4.78, 5) is 30.9. The molecule has 1 fully saturated rings. The summed E-state index contributed by atoms with van der Waals surface area (Å²) in [5.41, 5.74) is 0.410. The molecular formula is C29H37BClN2O6S. The average Bonchev–Trinajstić information content (AvgIpc) is 3.27. The molecular weight excluding hydrogens is 551 g/mol. The van der Waals surface area contributed by atoms with Crippen molar-refractivity contribution in [2.45, 2.75) is 70.7 Å². The Morgan fingerprint density at radius 3 is 2.20 bits per heavy atom. The molecule has 40 heavy (non-hydrogen) atoms. The predicted octanol–water partition coefficient (Wildman–Crippen LogP) is 5.89. The molecule has 11 heteroatoms. The summed E-state index contributed by atoms with van der Waals surface area (Å²) in [6.45, 7) is 6.03. The first-order chi connectivity index (χ1) is 19.0. The number of para-hydroxylation sites is 1. The topological polar surface area (TPSA) is 99.5 Å². The van der Waals surface area contributed by atoms with Crippen LogP contribution in [0.4, 0.5) is 4.79 Å². The van der Waals surface area contributed by atoms with Gasteiger partial charge in [0.25, 0.3) is 5.91 Å². The maximum atomic E-state index is 14.0. The largest absolute Gasteiger partial charge is 0.496 e. The Balaban J connectivity index is 0.00000141. The van der Waals surface area contributed by atoms with Crippen LogP contribution in [-0.4, -0.2) is 71.4 Å². The standard InChI is InChI=1S/C29H35ClN2O4S.BH2O2/c1-29(2,3)36-28(34)31(4)20-14-16-21(17-15-20)32(18-19-10-6-8-12-23(19)35-5)27(33)26-25(30)22-11-7-9-13-24(22)37-26;2-1-3/h6-13,20-21H,14-18H2,1-5H3;2-3H. The molecule has 0 saturated heterocycles. The number of fused-ring (bicyclic) bond motifs is 1. The fraction of sp³-hybridized carbons (Fsp3) is 0.448. The van der Waals surface area contributed by atoms with Gasteiger partial charge in [-0.05, 0) is 58.6 Å². The Morgan fingerprint density at radius 2 is 1.60 bits per heavy atom. The number of rotatable bonds is 6. The lowest BCUT2D eigenvalue weighted by atomic mass is 9.89. The predicted molar refractivity (Wildman–Crippen MR) is 160 cm³/mol. The van der Waals surface area contributed by atoms with Crippen molar-refractivity contribution < 1.29 is 29.1 Å². The van der Waals surface area contributed by atoms with Crippen LogP contribution in [0.2, 0.25) is 5.02 Å². The van der Waals surface area contributed by atoms with Gasteiger partial charge in [0.05, 0.1) is 12.1 Å². The molecule has 0 atom stereocenters. The second-order valence-corrected chi connectivity index (χ2v) is 12.1. The van der Waals surface area contributed by atoms with Crippen molar-refractivity contribution in [2.24, 2.45) is 0 Å². The van der Waals surface area contributed by atoms with Crippen molar-refractivity contribution in [1.29, 1.82) is 0 Å². The van der Waals surface area contributed by atoms with Crippen molar-refractivity contribution in [3.05, 3.63) is 64.0 Å². The van der Waals surface area contributed by atoms with Crippen LogP contribution in [0.3, 0.4) is 0 Å². The van der Waals surface area contributed by atoms with Gasteiger partial charge in [0.2, 0.25) is 0 Å². The minimum atomic E-state index is -0.538. The van der Waals surface area contributed by atoms with Crippen LogP contribution < -0.4 is 4.74 Å². The zero-order chi connectivity index (χ0) is 29.4. The maximum absolute atomic E-state index is 14.0. The van der Waals surface area contributed by atoms with Crippen molar-refractivity contribution in [3.8, 4) is 5.75 Å². The molecule has 1 radical (unpaired) electrons. The molecule has 0 unspecified atom stereocenters. The zero-order valence-corrected chi connectivity index (χ0v) is 25.2. The third-order valence-electron chi connectivity index (χ3n) is 6.86. The summed E-state index contributed by atoms with van der Waals surface area (Å²) in [7, 11) is 3.44. The monoisotopic (exact) mass is 587 g/mol. The van der Waals surface area contributed by atoms with E-state index in [4.69, 9.17) is 31.1 Å². The number of carbonyl (C=O) groups excluding carboxylic acids is 2. The molecule has 8 nitrogen and oxygen atoms in total. The Hall–Kier alpha value is -2.79. The van der Waals surface area contributed by atoms with E-state index < -0.39 is 5.60 Å². The minimum Gasteiger partial charge on any atom is -0.496 e. The molecule has 2 N–H and O–H groups in total. The number of hydrogen-bond donors (Lipinski definition) is 2. The molecule has 1 saturated carbocycles. The number of methoxy groups -OCH3 is 1. The Morgan fingerprint density at radius 1 is 1.02 bits per heavy atom. The van der Waals surface area contributed by atoms with Crippen molar-refractivity contribution in [2.75, 3.05) is 14.2 Å². The fourth-order valence-corrected chi connectivity index (χ4v) is 6.37. The van der Waals surface area contributed by atoms with Gasteiger partial charge in [0, 0.05) is 41.3 Å². The molecule has 0 bridgehead atoms. The van der Waals surface area contributed by atoms with Gasteiger partial charge in [0.1, 0.15) is 16.2 Å². The number of thiophene rings is 1. The lowest BCUT2D eigenvalue weighted by Gasteiger charge is -2.40. The third kappa shape index (κ3) is 7.91. The molecule has 1 aromatic heterocycles. The van der Waals surface area contributed by atoms with Crippen LogP contribution in [0.15, 0.2) is 48.5 Å². The van der Waals surface area contributed by atoms with Gasteiger partial charge in [-0.2, -0.15) is 0 Å². The highest BCUT2D eigenvalue weighted by Gasteiger charge is 2.35. The molecule has 0 aliphatic heterocycles. The SMILES string of the molecule is COc1ccccc1CN(C(=O)c1sc2ccccc2c1Cl)C1CCC(N(C)C(=O)OC(C)(C)C)CC1.O[B]O. The number of benzene rings is 2. The Bertz CT molecular complexity index is 1290. The highest BCUT2D eigenvalue weighted by molar-refractivity contribution is 7.21. The van der Waals surface area contributed by atoms with Crippen molar-refractivity contribution in [3.63, 3.8) is 0 Å². The van der Waals surface area contributed by atoms with E-state index in [0.717, 1.165) is 47.1 Å². The Kier molecular flexibility index (Phi) is 11.3. The van der Waals surface area contributed by atoms with E-state index >= 15 is 0 Å². The van der Waals surface area contributed by atoms with E-state index in [-0.39, 0.29) is 31.8 Å². The van der Waals surface area contributed by atoms with E-state index in [1.165, 1.54) is 11.3 Å². The van der Waals surface area contributed by atoms with Gasteiger partial charge in [-0.25, -0.2) is 4.79 Å². The highest BCUT2D eigenvalue weighted by Crippen LogP contribution is 2.38. The maximum Gasteiger partial charge on any atom is 0.482 e. The van der Waals surface area contributed by atoms with Gasteiger partial charge in [-0.3, -0.25) is 4.79 Å². The molecule has 1 aliphatic carbocycles. The number of carbonyl (C=O) groups is 2. The highest BCUT2D eigenvalue weighted by atomic mass is 35.5. The van der Waals surface area contributed by atoms with Crippen molar-refractivity contribution >= 4 is 52.7 Å². The second-order valence-electron chi connectivity index (χ2n) is 10.7. The number of halogens is 1. The summed E-state index contributed by atoms with van der Waals surface area (Å²) in [6, 6.07) is 15.7. The lowest BCUT2D eigenvalue weighted by molar-refractivity contribution is 0.0144. The molecule has 3 aromatic rings. The van der Waals surface area contributed by atoms with Gasteiger partial charge >= 0.3 is 13.8 Å². The molecule has 0 spiro atoms. The number of ether oxygens (including phenoxy) is 2. The average molecular weight is 588 g/mol. The number of nitrogens with zero attached hydrogens (tertiary/aromatic N) is 2. The zero-order valence-electron chi connectivity index (χ0n) is 23.6. The van der Waals surface area contributed by atoms with E-state index in [1.807, 2.05) is 74.2 Å². The van der Waals surface area contributed by atoms with Crippen LogP contribution in [0.25, 0.3) is 10.1 Å². The van der Waals surface area contributed by atoms with Crippen LogP contribution >= 0.6 is 22.9 Å². The van der Waals surface area contributed by atoms with E-state index in [9.17, 15) is 9.59 Å². The molecule has 1 aliphatic rings. The van der Waals surface area contributed by atoms with Crippen LogP contribution in [0.5, 0.6) is 5.75 Å². The summed E-state index contributed by atoms with van der Waals surface area (Å²) in [5.74, 6) is 0.683. The molecule has 2 aromatic carbocycles. The molecule has 215 valence electrons. The van der Waals surface area contributed by atoms with E-state index in [0.29, 0.717) is 16.4 Å². The second kappa shape index (κ2) is 14.2. The summed E-state index contributed by atoms with van der Waals surface area (Å²) >= 11 is 8.16. The van der Waals surface area contributed by atoms with E-state index in [2.05, 4.69) is 0 Å². The normalized spacial score (nSPS) is 16.9. The first-order valence-corrected chi connectivity index (χ1v) is 14.4. The van der Waals surface area contributed by atoms with Crippen LogP contribution in [0, 0.1) is 0 Å². The van der Waals surface area contributed by atoms with Gasteiger partial charge in [-0.1, -0.05) is 48.0 Å². The summed E-state index contributed by atoms with van der Waals surface area (Å²) in [6.07, 6.45) is 2.82. The summed E-state index contributed by atoms with van der Waals surface area (Å²) in [5, 5.41) is 15.4. The molecule has 2 amide bonds. The first-order valence-electron chi connectivity index (χ1n) is 13.2. The number of amides is 2. The quantitative estimate of drug-likeness (QED) is 0.349. The molecule has 1 heterocycles. The van der Waals surface area contributed by atoms with Crippen LogP contribution in [0.1, 0.15) is 61.7 Å². The molecule has 4 rings (SSSR count). The smallest absolute Gasteiger partial charge is 0.482 e. The summed E-state index contributed by atoms with van der Waals surface area (Å²) < 4.78 is 12.1. The lowest BCUT2D eigenvalue weighted by Crippen LogP contribution is -2.47. The minimum absolute atomic E-state index is 0. The van der Waals surface area contributed by atoms with Gasteiger partial charge < -0.3 is 29.3 Å². The van der Waals surface area contributed by atoms with Crippen molar-refractivity contribution in [1.82, 2.24) is 9.80 Å². The van der Waals surface area contributed by atoms with E-state index in [1.54, 1.807) is 19.1 Å². The third-order valence-corrected chi connectivity index (χ3v) is 8.52.